The van der Waals surface area contributed by atoms with Gasteiger partial charge in [0.1, 0.15) is 0 Å². The zero-order chi connectivity index (χ0) is 15.1. The minimum Gasteiger partial charge on any atom is -0.301 e. The van der Waals surface area contributed by atoms with E-state index in [0.29, 0.717) is 0 Å². The van der Waals surface area contributed by atoms with Crippen molar-refractivity contribution in [3.05, 3.63) is 0 Å². The third-order valence-electron chi connectivity index (χ3n) is 4.97. The van der Waals surface area contributed by atoms with Gasteiger partial charge < -0.3 is 9.80 Å². The van der Waals surface area contributed by atoms with Gasteiger partial charge >= 0.3 is 0 Å². The molecule has 2 aliphatic rings. The van der Waals surface area contributed by atoms with E-state index < -0.39 is 0 Å². The van der Waals surface area contributed by atoms with E-state index in [1.165, 1.54) is 51.9 Å². The van der Waals surface area contributed by atoms with Crippen LogP contribution in [0.25, 0.3) is 0 Å². The van der Waals surface area contributed by atoms with Crippen LogP contribution in [0.15, 0.2) is 0 Å². The van der Waals surface area contributed by atoms with E-state index in [9.17, 15) is 0 Å². The summed E-state index contributed by atoms with van der Waals surface area (Å²) in [5, 5.41) is 0. The lowest BCUT2D eigenvalue weighted by molar-refractivity contribution is 0.147. The lowest BCUT2D eigenvalue weighted by Gasteiger charge is -2.33. The molecule has 120 valence electrons. The van der Waals surface area contributed by atoms with E-state index >= 15 is 0 Å². The minimum absolute atomic E-state index is 0.753. The van der Waals surface area contributed by atoms with Crippen molar-refractivity contribution in [2.45, 2.75) is 79.3 Å². The molecule has 2 nitrogen and oxygen atoms in total. The van der Waals surface area contributed by atoms with Crippen LogP contribution in [0.4, 0.5) is 0 Å². The maximum Gasteiger partial charge on any atom is 0.00387 e. The number of hydrogen-bond donors (Lipinski definition) is 0. The van der Waals surface area contributed by atoms with Gasteiger partial charge in [-0.2, -0.15) is 0 Å². The standard InChI is InChI=1S/2C9H19N/c1-8(2)10-6-4-9(3)5-7-10;1-8(2)10-6-4-5-9(3)7-10/h2*8-9H,4-7H2,1-3H3. The Morgan fingerprint density at radius 2 is 1.25 bits per heavy atom. The molecule has 0 aliphatic carbocycles. The SMILES string of the molecule is CC1CCCN(C(C)C)C1.CC1CCN(C(C)C)CC1. The number of likely N-dealkylation sites (tertiary alicyclic amines) is 2. The molecule has 0 aromatic carbocycles. The average molecular weight is 283 g/mol. The van der Waals surface area contributed by atoms with Crippen molar-refractivity contribution >= 4 is 0 Å². The molecule has 2 aliphatic heterocycles. The molecular formula is C18H38N2. The highest BCUT2D eigenvalue weighted by Crippen LogP contribution is 2.17. The molecule has 2 rings (SSSR count). The summed E-state index contributed by atoms with van der Waals surface area (Å²) in [7, 11) is 0. The molecular weight excluding hydrogens is 244 g/mol. The van der Waals surface area contributed by atoms with Crippen molar-refractivity contribution in [3.63, 3.8) is 0 Å². The van der Waals surface area contributed by atoms with Gasteiger partial charge in [-0.05, 0) is 84.8 Å². The van der Waals surface area contributed by atoms with Gasteiger partial charge in [0, 0.05) is 18.6 Å². The van der Waals surface area contributed by atoms with E-state index in [-0.39, 0.29) is 0 Å². The monoisotopic (exact) mass is 282 g/mol. The molecule has 0 radical (unpaired) electrons. The van der Waals surface area contributed by atoms with E-state index in [0.717, 1.165) is 23.9 Å². The molecule has 0 N–H and O–H groups in total. The van der Waals surface area contributed by atoms with Crippen molar-refractivity contribution in [2.24, 2.45) is 11.8 Å². The Balaban J connectivity index is 0.000000200. The van der Waals surface area contributed by atoms with Gasteiger partial charge in [0.05, 0.1) is 0 Å². The molecule has 0 amide bonds. The molecule has 1 atom stereocenters. The first-order valence-corrected chi connectivity index (χ1v) is 8.88. The van der Waals surface area contributed by atoms with Crippen molar-refractivity contribution in [1.29, 1.82) is 0 Å². The summed E-state index contributed by atoms with van der Waals surface area (Å²) >= 11 is 0. The Hall–Kier alpha value is -0.0800. The molecule has 2 heteroatoms. The summed E-state index contributed by atoms with van der Waals surface area (Å²) in [6.07, 6.45) is 5.64. The fourth-order valence-electron chi connectivity index (χ4n) is 3.24. The summed E-state index contributed by atoms with van der Waals surface area (Å²) in [5.41, 5.74) is 0. The summed E-state index contributed by atoms with van der Waals surface area (Å²) in [4.78, 5) is 5.15. The quantitative estimate of drug-likeness (QED) is 0.747. The summed E-state index contributed by atoms with van der Waals surface area (Å²) in [6, 6.07) is 1.51. The van der Waals surface area contributed by atoms with Crippen LogP contribution in [0.2, 0.25) is 0 Å². The average Bonchev–Trinajstić information content (AvgIpc) is 2.40. The predicted molar refractivity (Wildman–Crippen MR) is 90.2 cm³/mol. The Bertz CT molecular complexity index is 242. The van der Waals surface area contributed by atoms with Crippen molar-refractivity contribution in [1.82, 2.24) is 9.80 Å². The fraction of sp³-hybridized carbons (Fsp3) is 1.00. The van der Waals surface area contributed by atoms with Gasteiger partial charge in [0.2, 0.25) is 0 Å². The fourth-order valence-corrected chi connectivity index (χ4v) is 3.24. The van der Waals surface area contributed by atoms with Crippen molar-refractivity contribution in [3.8, 4) is 0 Å². The molecule has 2 saturated heterocycles. The molecule has 2 heterocycles. The van der Waals surface area contributed by atoms with Crippen LogP contribution in [0.5, 0.6) is 0 Å². The number of piperidine rings is 2. The zero-order valence-corrected chi connectivity index (χ0v) is 14.9. The van der Waals surface area contributed by atoms with Gasteiger partial charge in [-0.3, -0.25) is 0 Å². The van der Waals surface area contributed by atoms with Crippen LogP contribution in [0.3, 0.4) is 0 Å². The van der Waals surface area contributed by atoms with Crippen LogP contribution in [-0.4, -0.2) is 48.1 Å². The predicted octanol–water partition coefficient (Wildman–Crippen LogP) is 4.25. The maximum absolute atomic E-state index is 2.58. The molecule has 0 saturated carbocycles. The van der Waals surface area contributed by atoms with Crippen LogP contribution in [0, 0.1) is 11.8 Å². The highest BCUT2D eigenvalue weighted by atomic mass is 15.2. The first-order chi connectivity index (χ1) is 9.40. The second-order valence-electron chi connectivity index (χ2n) is 7.65. The molecule has 1 unspecified atom stereocenters. The van der Waals surface area contributed by atoms with E-state index in [2.05, 4.69) is 51.3 Å². The molecule has 20 heavy (non-hydrogen) atoms. The third-order valence-corrected chi connectivity index (χ3v) is 4.97. The number of rotatable bonds is 2. The minimum atomic E-state index is 0.753. The first-order valence-electron chi connectivity index (χ1n) is 8.88. The Kier molecular flexibility index (Phi) is 8.13. The van der Waals surface area contributed by atoms with E-state index in [4.69, 9.17) is 0 Å². The van der Waals surface area contributed by atoms with E-state index in [1.54, 1.807) is 0 Å². The first kappa shape index (κ1) is 18.0. The molecule has 0 bridgehead atoms. The largest absolute Gasteiger partial charge is 0.301 e. The summed E-state index contributed by atoms with van der Waals surface area (Å²) < 4.78 is 0. The van der Waals surface area contributed by atoms with Crippen LogP contribution < -0.4 is 0 Å². The number of nitrogens with zero attached hydrogens (tertiary/aromatic N) is 2. The third kappa shape index (κ3) is 6.58. The van der Waals surface area contributed by atoms with Crippen LogP contribution in [0.1, 0.15) is 67.2 Å². The van der Waals surface area contributed by atoms with Gasteiger partial charge in [-0.25, -0.2) is 0 Å². The van der Waals surface area contributed by atoms with Crippen LogP contribution in [-0.2, 0) is 0 Å². The van der Waals surface area contributed by atoms with E-state index in [1.807, 2.05) is 0 Å². The highest BCUT2D eigenvalue weighted by molar-refractivity contribution is 4.72. The van der Waals surface area contributed by atoms with Crippen LogP contribution >= 0.6 is 0 Å². The molecule has 0 spiro atoms. The topological polar surface area (TPSA) is 6.48 Å². The molecule has 2 fully saturated rings. The Morgan fingerprint density at radius 3 is 1.65 bits per heavy atom. The summed E-state index contributed by atoms with van der Waals surface area (Å²) in [5.74, 6) is 1.89. The van der Waals surface area contributed by atoms with Gasteiger partial charge in [-0.15, -0.1) is 0 Å². The highest BCUT2D eigenvalue weighted by Gasteiger charge is 2.18. The molecule has 0 aromatic heterocycles. The van der Waals surface area contributed by atoms with Gasteiger partial charge in [0.25, 0.3) is 0 Å². The number of hydrogen-bond acceptors (Lipinski definition) is 2. The Labute approximate surface area is 127 Å². The van der Waals surface area contributed by atoms with Gasteiger partial charge in [0.15, 0.2) is 0 Å². The maximum atomic E-state index is 2.58. The van der Waals surface area contributed by atoms with Gasteiger partial charge in [-0.1, -0.05) is 13.8 Å². The second-order valence-corrected chi connectivity index (χ2v) is 7.65. The lowest BCUT2D eigenvalue weighted by atomic mass is 9.98. The zero-order valence-electron chi connectivity index (χ0n) is 14.9. The normalized spacial score (nSPS) is 26.7. The van der Waals surface area contributed by atoms with Crippen molar-refractivity contribution in [2.75, 3.05) is 26.2 Å². The Morgan fingerprint density at radius 1 is 0.700 bits per heavy atom. The van der Waals surface area contributed by atoms with Crippen molar-refractivity contribution < 1.29 is 0 Å². The second kappa shape index (κ2) is 9.04. The lowest BCUT2D eigenvalue weighted by Crippen LogP contribution is -2.38. The summed E-state index contributed by atoms with van der Waals surface area (Å²) in [6.45, 7) is 19.1. The molecule has 0 aromatic rings. The smallest absolute Gasteiger partial charge is 0.00387 e.